The van der Waals surface area contributed by atoms with Crippen molar-refractivity contribution in [1.82, 2.24) is 5.32 Å². The van der Waals surface area contributed by atoms with Crippen molar-refractivity contribution in [3.8, 4) is 0 Å². The van der Waals surface area contributed by atoms with E-state index in [4.69, 9.17) is 9.47 Å². The maximum absolute atomic E-state index is 12.3. The fourth-order valence-electron chi connectivity index (χ4n) is 3.47. The Kier molecular flexibility index (Phi) is 6.61. The summed E-state index contributed by atoms with van der Waals surface area (Å²) in [5.41, 5.74) is 2.17. The van der Waals surface area contributed by atoms with E-state index in [2.05, 4.69) is 12.2 Å². The number of carbonyl (C=O) groups excluding carboxylic acids is 1. The van der Waals surface area contributed by atoms with E-state index < -0.39 is 12.2 Å². The highest BCUT2D eigenvalue weighted by molar-refractivity contribution is 5.74. The van der Waals surface area contributed by atoms with Crippen molar-refractivity contribution in [2.24, 2.45) is 5.92 Å². The van der Waals surface area contributed by atoms with Crippen LogP contribution in [0.5, 0.6) is 0 Å². The van der Waals surface area contributed by atoms with Gasteiger partial charge in [-0.2, -0.15) is 0 Å². The molecule has 5 heteroatoms. The largest absolute Gasteiger partial charge is 0.457 e. The summed E-state index contributed by atoms with van der Waals surface area (Å²) in [6.07, 6.45) is -1.12. The SMILES string of the molecule is C[C@@H](N[C@H]1[C@H](OCc2ccccc2)[C@H](CO)OC(=O)[C@@H]1C)c1ccccc1. The third kappa shape index (κ3) is 4.75. The van der Waals surface area contributed by atoms with E-state index in [0.717, 1.165) is 11.1 Å². The molecule has 1 aliphatic heterocycles. The number of hydrogen-bond donors (Lipinski definition) is 2. The van der Waals surface area contributed by atoms with Crippen LogP contribution in [0, 0.1) is 5.92 Å². The van der Waals surface area contributed by atoms with Crippen LogP contribution in [0.3, 0.4) is 0 Å². The molecule has 0 bridgehead atoms. The van der Waals surface area contributed by atoms with Gasteiger partial charge in [0.25, 0.3) is 0 Å². The first-order valence-electron chi connectivity index (χ1n) is 9.38. The first-order valence-corrected chi connectivity index (χ1v) is 9.38. The Bertz CT molecular complexity index is 722. The number of aliphatic hydroxyl groups is 1. The fourth-order valence-corrected chi connectivity index (χ4v) is 3.47. The molecule has 2 aromatic rings. The van der Waals surface area contributed by atoms with Crippen LogP contribution in [0.1, 0.15) is 31.0 Å². The van der Waals surface area contributed by atoms with Crippen LogP contribution in [0.2, 0.25) is 0 Å². The summed E-state index contributed by atoms with van der Waals surface area (Å²) in [6.45, 7) is 4.02. The molecule has 5 nitrogen and oxygen atoms in total. The van der Waals surface area contributed by atoms with Crippen molar-refractivity contribution in [3.05, 3.63) is 71.8 Å². The van der Waals surface area contributed by atoms with Crippen LogP contribution in [-0.4, -0.2) is 35.9 Å². The Balaban J connectivity index is 1.77. The zero-order valence-electron chi connectivity index (χ0n) is 15.7. The molecule has 0 spiro atoms. The summed E-state index contributed by atoms with van der Waals surface area (Å²) >= 11 is 0. The summed E-state index contributed by atoms with van der Waals surface area (Å²) < 4.78 is 11.6. The van der Waals surface area contributed by atoms with E-state index in [-0.39, 0.29) is 30.6 Å². The first kappa shape index (κ1) is 19.5. The number of ether oxygens (including phenoxy) is 2. The molecule has 144 valence electrons. The quantitative estimate of drug-likeness (QED) is 0.735. The normalized spacial score (nSPS) is 26.4. The molecule has 5 atom stereocenters. The second kappa shape index (κ2) is 9.13. The van der Waals surface area contributed by atoms with Crippen molar-refractivity contribution in [3.63, 3.8) is 0 Å². The number of aliphatic hydroxyl groups excluding tert-OH is 1. The number of carbonyl (C=O) groups is 1. The summed E-state index contributed by atoms with van der Waals surface area (Å²) in [7, 11) is 0. The van der Waals surface area contributed by atoms with Crippen LogP contribution in [0.4, 0.5) is 0 Å². The molecule has 0 saturated carbocycles. The Morgan fingerprint density at radius 2 is 1.74 bits per heavy atom. The van der Waals surface area contributed by atoms with E-state index in [1.54, 1.807) is 0 Å². The third-order valence-corrected chi connectivity index (χ3v) is 5.11. The second-order valence-corrected chi connectivity index (χ2v) is 7.03. The van der Waals surface area contributed by atoms with Crippen molar-refractivity contribution in [1.29, 1.82) is 0 Å². The number of rotatable bonds is 7. The highest BCUT2D eigenvalue weighted by Gasteiger charge is 2.44. The first-order chi connectivity index (χ1) is 13.1. The predicted molar refractivity (Wildman–Crippen MR) is 103 cm³/mol. The second-order valence-electron chi connectivity index (χ2n) is 7.03. The van der Waals surface area contributed by atoms with Gasteiger partial charge in [0.2, 0.25) is 0 Å². The van der Waals surface area contributed by atoms with Gasteiger partial charge in [0.1, 0.15) is 6.10 Å². The van der Waals surface area contributed by atoms with Crippen LogP contribution in [-0.2, 0) is 20.9 Å². The van der Waals surface area contributed by atoms with Gasteiger partial charge in [0.15, 0.2) is 6.10 Å². The van der Waals surface area contributed by atoms with Gasteiger partial charge < -0.3 is 19.9 Å². The van der Waals surface area contributed by atoms with E-state index in [9.17, 15) is 9.90 Å². The zero-order valence-corrected chi connectivity index (χ0v) is 15.7. The molecule has 0 unspecified atom stereocenters. The Hall–Kier alpha value is -2.21. The molecule has 2 aromatic carbocycles. The monoisotopic (exact) mass is 369 g/mol. The molecule has 1 aliphatic rings. The number of esters is 1. The topological polar surface area (TPSA) is 67.8 Å². The van der Waals surface area contributed by atoms with E-state index in [0.29, 0.717) is 6.61 Å². The van der Waals surface area contributed by atoms with Gasteiger partial charge in [-0.15, -0.1) is 0 Å². The van der Waals surface area contributed by atoms with Gasteiger partial charge in [-0.1, -0.05) is 67.6 Å². The molecule has 27 heavy (non-hydrogen) atoms. The standard InChI is InChI=1S/C22H27NO4/c1-15-20(23-16(2)18-11-7-4-8-12-18)21(19(13-24)27-22(15)25)26-14-17-9-5-3-6-10-17/h3-12,15-16,19-21,23-24H,13-14H2,1-2H3/t15-,16-,19+,20-,21-/m1/s1. The lowest BCUT2D eigenvalue weighted by Crippen LogP contribution is -2.60. The lowest BCUT2D eigenvalue weighted by atomic mass is 9.89. The van der Waals surface area contributed by atoms with Crippen molar-refractivity contribution >= 4 is 5.97 Å². The van der Waals surface area contributed by atoms with E-state index in [1.807, 2.05) is 67.6 Å². The Labute approximate surface area is 160 Å². The predicted octanol–water partition coefficient (Wildman–Crippen LogP) is 2.85. The van der Waals surface area contributed by atoms with Crippen molar-refractivity contribution < 1.29 is 19.4 Å². The van der Waals surface area contributed by atoms with Gasteiger partial charge in [-0.05, 0) is 18.1 Å². The Morgan fingerprint density at radius 3 is 2.37 bits per heavy atom. The molecule has 1 heterocycles. The molecule has 3 rings (SSSR count). The number of hydrogen-bond acceptors (Lipinski definition) is 5. The maximum Gasteiger partial charge on any atom is 0.310 e. The average molecular weight is 369 g/mol. The molecule has 1 fully saturated rings. The molecular weight excluding hydrogens is 342 g/mol. The maximum atomic E-state index is 12.3. The summed E-state index contributed by atoms with van der Waals surface area (Å²) in [6, 6.07) is 19.7. The van der Waals surface area contributed by atoms with Crippen LogP contribution < -0.4 is 5.32 Å². The molecule has 1 saturated heterocycles. The van der Waals surface area contributed by atoms with Gasteiger partial charge in [-0.25, -0.2) is 0 Å². The molecule has 0 radical (unpaired) electrons. The van der Waals surface area contributed by atoms with Gasteiger partial charge >= 0.3 is 5.97 Å². The zero-order chi connectivity index (χ0) is 19.2. The van der Waals surface area contributed by atoms with Gasteiger partial charge in [-0.3, -0.25) is 4.79 Å². The minimum absolute atomic E-state index is 0.0340. The van der Waals surface area contributed by atoms with E-state index >= 15 is 0 Å². The molecule has 0 aromatic heterocycles. The van der Waals surface area contributed by atoms with Crippen LogP contribution in [0.15, 0.2) is 60.7 Å². The summed E-state index contributed by atoms with van der Waals surface area (Å²) in [4.78, 5) is 12.3. The molecule has 2 N–H and O–H groups in total. The van der Waals surface area contributed by atoms with E-state index in [1.165, 1.54) is 0 Å². The lowest BCUT2D eigenvalue weighted by molar-refractivity contribution is -0.188. The highest BCUT2D eigenvalue weighted by atomic mass is 16.6. The molecular formula is C22H27NO4. The Morgan fingerprint density at radius 1 is 1.11 bits per heavy atom. The highest BCUT2D eigenvalue weighted by Crippen LogP contribution is 2.27. The van der Waals surface area contributed by atoms with Crippen molar-refractivity contribution in [2.45, 2.75) is 44.7 Å². The van der Waals surface area contributed by atoms with Gasteiger partial charge in [0.05, 0.1) is 25.2 Å². The fraction of sp³-hybridized carbons (Fsp3) is 0.409. The number of benzene rings is 2. The average Bonchev–Trinajstić information content (AvgIpc) is 2.71. The lowest BCUT2D eigenvalue weighted by Gasteiger charge is -2.41. The summed E-state index contributed by atoms with van der Waals surface area (Å²) in [5, 5.41) is 13.3. The van der Waals surface area contributed by atoms with Crippen LogP contribution in [0.25, 0.3) is 0 Å². The molecule has 0 amide bonds. The van der Waals surface area contributed by atoms with Crippen molar-refractivity contribution in [2.75, 3.05) is 6.61 Å². The summed E-state index contributed by atoms with van der Waals surface area (Å²) in [5.74, 6) is -0.689. The number of nitrogens with one attached hydrogen (secondary N) is 1. The molecule has 0 aliphatic carbocycles. The smallest absolute Gasteiger partial charge is 0.310 e. The third-order valence-electron chi connectivity index (χ3n) is 5.11. The number of cyclic esters (lactones) is 1. The van der Waals surface area contributed by atoms with Crippen LogP contribution >= 0.6 is 0 Å². The minimum atomic E-state index is -0.683. The minimum Gasteiger partial charge on any atom is -0.457 e. The van der Waals surface area contributed by atoms with Gasteiger partial charge in [0, 0.05) is 6.04 Å².